The van der Waals surface area contributed by atoms with E-state index >= 15 is 0 Å². The van der Waals surface area contributed by atoms with Crippen LogP contribution >= 0.6 is 23.1 Å². The zero-order valence-electron chi connectivity index (χ0n) is 17.1. The van der Waals surface area contributed by atoms with Gasteiger partial charge in [-0.2, -0.15) is 5.10 Å². The van der Waals surface area contributed by atoms with Crippen LogP contribution < -0.4 is 19.6 Å². The van der Waals surface area contributed by atoms with Crippen molar-refractivity contribution in [3.05, 3.63) is 59.1 Å². The van der Waals surface area contributed by atoms with Gasteiger partial charge < -0.3 is 14.2 Å². The number of ether oxygens (including phenoxy) is 3. The summed E-state index contributed by atoms with van der Waals surface area (Å²) in [6.45, 7) is 2.56. The van der Waals surface area contributed by atoms with Crippen molar-refractivity contribution in [2.45, 2.75) is 11.3 Å². The highest BCUT2D eigenvalue weighted by molar-refractivity contribution is 8.01. The zero-order chi connectivity index (χ0) is 21.9. The summed E-state index contributed by atoms with van der Waals surface area (Å²) < 4.78 is 17.5. The van der Waals surface area contributed by atoms with Gasteiger partial charge >= 0.3 is 0 Å². The Morgan fingerprint density at radius 3 is 2.45 bits per heavy atom. The van der Waals surface area contributed by atoms with Crippen molar-refractivity contribution in [1.82, 2.24) is 15.6 Å². The predicted octanol–water partition coefficient (Wildman–Crippen LogP) is 3.56. The number of nitrogens with zero attached hydrogens (tertiary/aromatic N) is 3. The van der Waals surface area contributed by atoms with E-state index in [-0.39, 0.29) is 11.7 Å². The first-order valence-electron chi connectivity index (χ1n) is 9.38. The quantitative estimate of drug-likeness (QED) is 0.203. The third-order valence-electron chi connectivity index (χ3n) is 3.81. The maximum Gasteiger partial charge on any atom is 0.250 e. The van der Waals surface area contributed by atoms with E-state index in [1.807, 2.05) is 55.5 Å². The molecule has 0 bridgehead atoms. The van der Waals surface area contributed by atoms with E-state index in [0.29, 0.717) is 30.5 Å². The van der Waals surface area contributed by atoms with Crippen LogP contribution in [-0.2, 0) is 4.79 Å². The molecule has 1 heterocycles. The number of aromatic nitrogens is 2. The summed E-state index contributed by atoms with van der Waals surface area (Å²) in [5, 5.41) is 12.8. The largest absolute Gasteiger partial charge is 0.493 e. The van der Waals surface area contributed by atoms with E-state index in [4.69, 9.17) is 14.2 Å². The lowest BCUT2D eigenvalue weighted by Gasteiger charge is -2.12. The lowest BCUT2D eigenvalue weighted by atomic mass is 10.2. The Labute approximate surface area is 188 Å². The van der Waals surface area contributed by atoms with E-state index in [0.717, 1.165) is 14.9 Å². The van der Waals surface area contributed by atoms with E-state index in [2.05, 4.69) is 20.7 Å². The summed E-state index contributed by atoms with van der Waals surface area (Å²) >= 11 is 2.78. The van der Waals surface area contributed by atoms with Crippen molar-refractivity contribution in [1.29, 1.82) is 0 Å². The smallest absolute Gasteiger partial charge is 0.250 e. The minimum absolute atomic E-state index is 0.213. The fourth-order valence-electron chi connectivity index (χ4n) is 2.43. The summed E-state index contributed by atoms with van der Waals surface area (Å²) in [5.74, 6) is 1.96. The van der Waals surface area contributed by atoms with Crippen molar-refractivity contribution in [3.8, 4) is 17.2 Å². The van der Waals surface area contributed by atoms with Crippen LogP contribution in [0.2, 0.25) is 0 Å². The molecule has 10 heteroatoms. The number of thioether (sulfide) groups is 1. The number of para-hydroxylation sites is 3. The van der Waals surface area contributed by atoms with Crippen molar-refractivity contribution in [2.75, 3.05) is 26.1 Å². The highest BCUT2D eigenvalue weighted by Crippen LogP contribution is 2.25. The van der Waals surface area contributed by atoms with Gasteiger partial charge in [0.1, 0.15) is 24.0 Å². The number of rotatable bonds is 11. The van der Waals surface area contributed by atoms with Gasteiger partial charge in [0, 0.05) is 5.56 Å². The first-order chi connectivity index (χ1) is 15.2. The summed E-state index contributed by atoms with van der Waals surface area (Å²) in [7, 11) is 1.60. The molecule has 31 heavy (non-hydrogen) atoms. The van der Waals surface area contributed by atoms with Gasteiger partial charge in [-0.3, -0.25) is 4.79 Å². The Morgan fingerprint density at radius 2 is 1.74 bits per heavy atom. The molecule has 3 aromatic rings. The van der Waals surface area contributed by atoms with Crippen LogP contribution in [0.1, 0.15) is 10.6 Å². The van der Waals surface area contributed by atoms with Gasteiger partial charge in [-0.05, 0) is 31.2 Å². The number of carbonyl (C=O) groups excluding carboxylic acids is 1. The second-order valence-electron chi connectivity index (χ2n) is 6.05. The molecule has 1 N–H and O–H groups in total. The number of aryl methyl sites for hydroxylation is 1. The van der Waals surface area contributed by atoms with Crippen molar-refractivity contribution >= 4 is 35.2 Å². The summed E-state index contributed by atoms with van der Waals surface area (Å²) in [5.41, 5.74) is 3.25. The van der Waals surface area contributed by atoms with Gasteiger partial charge in [-0.1, -0.05) is 47.4 Å². The molecular weight excluding hydrogens is 436 g/mol. The SMILES string of the molecule is COc1ccccc1OCCOc1ccccc1/C=N/NC(=O)CSc1nnc(C)s1. The second-order valence-corrected chi connectivity index (χ2v) is 8.46. The molecule has 0 fully saturated rings. The fourth-order valence-corrected chi connectivity index (χ4v) is 4.04. The predicted molar refractivity (Wildman–Crippen MR) is 122 cm³/mol. The average molecular weight is 459 g/mol. The molecule has 3 rings (SSSR count). The van der Waals surface area contributed by atoms with Crippen LogP contribution in [-0.4, -0.2) is 48.4 Å². The monoisotopic (exact) mass is 458 g/mol. The van der Waals surface area contributed by atoms with E-state index in [1.165, 1.54) is 23.1 Å². The van der Waals surface area contributed by atoms with Crippen LogP contribution in [0.15, 0.2) is 58.0 Å². The third kappa shape index (κ3) is 7.26. The number of methoxy groups -OCH3 is 1. The van der Waals surface area contributed by atoms with Crippen LogP contribution in [0.4, 0.5) is 0 Å². The lowest BCUT2D eigenvalue weighted by Crippen LogP contribution is -2.19. The third-order valence-corrected chi connectivity index (χ3v) is 5.79. The van der Waals surface area contributed by atoms with Gasteiger partial charge in [-0.25, -0.2) is 5.43 Å². The molecule has 1 amide bonds. The van der Waals surface area contributed by atoms with Crippen molar-refractivity contribution < 1.29 is 19.0 Å². The Balaban J connectivity index is 1.45. The molecule has 0 atom stereocenters. The number of hydrogen-bond donors (Lipinski definition) is 1. The molecule has 2 aromatic carbocycles. The zero-order valence-corrected chi connectivity index (χ0v) is 18.7. The number of hydrazone groups is 1. The van der Waals surface area contributed by atoms with Crippen LogP contribution in [0.25, 0.3) is 0 Å². The number of benzene rings is 2. The normalized spacial score (nSPS) is 10.8. The minimum Gasteiger partial charge on any atom is -0.493 e. The van der Waals surface area contributed by atoms with Gasteiger partial charge in [-0.15, -0.1) is 10.2 Å². The molecule has 0 aliphatic carbocycles. The van der Waals surface area contributed by atoms with Gasteiger partial charge in [0.25, 0.3) is 5.91 Å². The highest BCUT2D eigenvalue weighted by Gasteiger charge is 2.07. The minimum atomic E-state index is -0.224. The molecule has 0 unspecified atom stereocenters. The molecule has 0 spiro atoms. The standard InChI is InChI=1S/C21H22N4O4S2/c1-15-23-25-21(31-15)30-14-20(26)24-22-13-16-7-3-4-8-17(16)28-11-12-29-19-10-6-5-9-18(19)27-2/h3-10,13H,11-12,14H2,1-2H3,(H,24,26)/b22-13+. The molecule has 0 aliphatic heterocycles. The number of hydrogen-bond acceptors (Lipinski definition) is 9. The number of carbonyl (C=O) groups is 1. The fraction of sp³-hybridized carbons (Fsp3) is 0.238. The molecule has 162 valence electrons. The van der Waals surface area contributed by atoms with Crippen molar-refractivity contribution in [3.63, 3.8) is 0 Å². The number of amides is 1. The van der Waals surface area contributed by atoms with Crippen LogP contribution in [0, 0.1) is 6.92 Å². The Morgan fingerprint density at radius 1 is 1.06 bits per heavy atom. The summed E-state index contributed by atoms with van der Waals surface area (Å²) in [6, 6.07) is 14.9. The van der Waals surface area contributed by atoms with Crippen LogP contribution in [0.3, 0.4) is 0 Å². The molecule has 0 saturated heterocycles. The van der Waals surface area contributed by atoms with Gasteiger partial charge in [0.05, 0.1) is 19.1 Å². The number of nitrogens with one attached hydrogen (secondary N) is 1. The molecule has 8 nitrogen and oxygen atoms in total. The Kier molecular flexibility index (Phi) is 8.68. The maximum atomic E-state index is 11.9. The van der Waals surface area contributed by atoms with E-state index in [9.17, 15) is 4.79 Å². The molecule has 1 aromatic heterocycles. The Hall–Kier alpha value is -3.11. The first kappa shape index (κ1) is 22.6. The highest BCUT2D eigenvalue weighted by atomic mass is 32.2. The lowest BCUT2D eigenvalue weighted by molar-refractivity contribution is -0.118. The van der Waals surface area contributed by atoms with Gasteiger partial charge in [0.2, 0.25) is 0 Å². The molecule has 0 aliphatic rings. The first-order valence-corrected chi connectivity index (χ1v) is 11.2. The molecular formula is C21H22N4O4S2. The van der Waals surface area contributed by atoms with E-state index in [1.54, 1.807) is 13.3 Å². The van der Waals surface area contributed by atoms with Crippen molar-refractivity contribution in [2.24, 2.45) is 5.10 Å². The van der Waals surface area contributed by atoms with Crippen LogP contribution in [0.5, 0.6) is 17.2 Å². The average Bonchev–Trinajstić information content (AvgIpc) is 3.21. The Bertz CT molecular complexity index is 1030. The van der Waals surface area contributed by atoms with Gasteiger partial charge in [0.15, 0.2) is 15.8 Å². The topological polar surface area (TPSA) is 94.9 Å². The molecule has 0 saturated carbocycles. The summed E-state index contributed by atoms with van der Waals surface area (Å²) in [6.07, 6.45) is 1.55. The maximum absolute atomic E-state index is 11.9. The van der Waals surface area contributed by atoms with E-state index < -0.39 is 0 Å². The summed E-state index contributed by atoms with van der Waals surface area (Å²) in [4.78, 5) is 11.9. The second kappa shape index (κ2) is 11.9. The molecule has 0 radical (unpaired) electrons.